The predicted octanol–water partition coefficient (Wildman–Crippen LogP) is 2.32. The van der Waals surface area contributed by atoms with Gasteiger partial charge in [-0.25, -0.2) is 4.79 Å². The third kappa shape index (κ3) is 4.81. The zero-order valence-corrected chi connectivity index (χ0v) is 11.3. The minimum atomic E-state index is -0.402. The van der Waals surface area contributed by atoms with Crippen molar-refractivity contribution in [3.63, 3.8) is 0 Å². The van der Waals surface area contributed by atoms with Crippen LogP contribution in [0, 0.1) is 0 Å². The summed E-state index contributed by atoms with van der Waals surface area (Å²) in [6, 6.07) is 3.60. The quantitative estimate of drug-likeness (QED) is 0.522. The number of hydrogen-bond acceptors (Lipinski definition) is 3. The Bertz CT molecular complexity index is 262. The molecule has 0 N–H and O–H groups in total. The largest absolute Gasteiger partial charge is 0.456 e. The summed E-state index contributed by atoms with van der Waals surface area (Å²) in [4.78, 5) is 12.0. The Morgan fingerprint density at radius 3 is 2.46 bits per heavy atom. The molecule has 4 heteroatoms. The van der Waals surface area contributed by atoms with E-state index in [4.69, 9.17) is 4.74 Å². The van der Waals surface area contributed by atoms with Crippen LogP contribution < -0.4 is 0 Å². The molecule has 1 radical (unpaired) electrons. The average Bonchev–Trinajstić information content (AvgIpc) is 2.32. The molecule has 67 valence electrons. The van der Waals surface area contributed by atoms with Gasteiger partial charge in [0.2, 0.25) is 0 Å². The summed E-state index contributed by atoms with van der Waals surface area (Å²) in [6.07, 6.45) is 0. The SMILES string of the molecule is CC(C)(C)OC(=O)c1cccs1.[Na]. The molecule has 0 bridgehead atoms. The van der Waals surface area contributed by atoms with E-state index in [0.717, 1.165) is 0 Å². The van der Waals surface area contributed by atoms with Crippen LogP contribution in [0.5, 0.6) is 0 Å². The second-order valence-corrected chi connectivity index (χ2v) is 4.43. The number of rotatable bonds is 1. The maximum atomic E-state index is 11.3. The van der Waals surface area contributed by atoms with Crippen molar-refractivity contribution in [2.45, 2.75) is 26.4 Å². The summed E-state index contributed by atoms with van der Waals surface area (Å²) in [7, 11) is 0. The number of carbonyl (C=O) groups excluding carboxylic acids is 1. The zero-order valence-electron chi connectivity index (χ0n) is 8.46. The van der Waals surface area contributed by atoms with E-state index in [9.17, 15) is 4.79 Å². The minimum Gasteiger partial charge on any atom is -0.456 e. The first kappa shape index (κ1) is 13.2. The standard InChI is InChI=1S/C9H12O2S.Na/c1-9(2,3)11-8(10)7-5-4-6-12-7;/h4-6H,1-3H3;. The van der Waals surface area contributed by atoms with E-state index in [1.165, 1.54) is 11.3 Å². The fourth-order valence-electron chi connectivity index (χ4n) is 0.723. The Morgan fingerprint density at radius 1 is 1.46 bits per heavy atom. The van der Waals surface area contributed by atoms with Crippen molar-refractivity contribution in [1.82, 2.24) is 0 Å². The van der Waals surface area contributed by atoms with E-state index in [1.54, 1.807) is 6.07 Å². The summed E-state index contributed by atoms with van der Waals surface area (Å²) in [6.45, 7) is 5.58. The van der Waals surface area contributed by atoms with E-state index in [-0.39, 0.29) is 35.5 Å². The van der Waals surface area contributed by atoms with Gasteiger partial charge in [-0.05, 0) is 32.2 Å². The van der Waals surface area contributed by atoms with Crippen molar-refractivity contribution in [2.24, 2.45) is 0 Å². The van der Waals surface area contributed by atoms with E-state index in [0.29, 0.717) is 4.88 Å². The van der Waals surface area contributed by atoms with Crippen LogP contribution in [-0.2, 0) is 4.74 Å². The second kappa shape index (κ2) is 5.15. The number of thiophene rings is 1. The summed E-state index contributed by atoms with van der Waals surface area (Å²) >= 11 is 1.40. The fourth-order valence-corrected chi connectivity index (χ4v) is 1.32. The van der Waals surface area contributed by atoms with E-state index in [2.05, 4.69) is 0 Å². The van der Waals surface area contributed by atoms with Crippen LogP contribution in [0.3, 0.4) is 0 Å². The fraction of sp³-hybridized carbons (Fsp3) is 0.444. The van der Waals surface area contributed by atoms with Gasteiger partial charge in [0.1, 0.15) is 10.5 Å². The van der Waals surface area contributed by atoms with Crippen LogP contribution in [0.2, 0.25) is 0 Å². The summed E-state index contributed by atoms with van der Waals surface area (Å²) in [5.41, 5.74) is -0.402. The van der Waals surface area contributed by atoms with Gasteiger partial charge in [-0.1, -0.05) is 6.07 Å². The van der Waals surface area contributed by atoms with Crippen molar-refractivity contribution < 1.29 is 9.53 Å². The zero-order chi connectivity index (χ0) is 9.19. The van der Waals surface area contributed by atoms with Gasteiger partial charge in [0.25, 0.3) is 0 Å². The molecular weight excluding hydrogens is 195 g/mol. The molecule has 0 saturated heterocycles. The number of ether oxygens (including phenoxy) is 1. The third-order valence-corrected chi connectivity index (χ3v) is 1.97. The van der Waals surface area contributed by atoms with Gasteiger partial charge in [0.15, 0.2) is 0 Å². The van der Waals surface area contributed by atoms with E-state index in [1.807, 2.05) is 32.2 Å². The molecule has 1 aromatic heterocycles. The average molecular weight is 207 g/mol. The molecule has 0 saturated carbocycles. The van der Waals surface area contributed by atoms with Crippen molar-refractivity contribution in [3.05, 3.63) is 22.4 Å². The monoisotopic (exact) mass is 207 g/mol. The van der Waals surface area contributed by atoms with Gasteiger partial charge >= 0.3 is 5.97 Å². The Balaban J connectivity index is 0.00000144. The molecule has 1 rings (SSSR count). The summed E-state index contributed by atoms with van der Waals surface area (Å²) in [5, 5.41) is 1.86. The molecule has 13 heavy (non-hydrogen) atoms. The van der Waals surface area contributed by atoms with Gasteiger partial charge in [-0.3, -0.25) is 0 Å². The first-order valence-corrected chi connectivity index (χ1v) is 4.64. The van der Waals surface area contributed by atoms with Crippen LogP contribution >= 0.6 is 11.3 Å². The van der Waals surface area contributed by atoms with Gasteiger partial charge < -0.3 is 4.74 Å². The van der Waals surface area contributed by atoms with Crippen LogP contribution in [0.15, 0.2) is 17.5 Å². The number of esters is 1. The van der Waals surface area contributed by atoms with Crippen LogP contribution in [0.25, 0.3) is 0 Å². The Kier molecular flexibility index (Phi) is 5.22. The number of carbonyl (C=O) groups is 1. The third-order valence-electron chi connectivity index (χ3n) is 1.12. The molecular formula is C9H12NaO2S. The Labute approximate surface area is 105 Å². The van der Waals surface area contributed by atoms with Crippen molar-refractivity contribution in [1.29, 1.82) is 0 Å². The molecule has 0 fully saturated rings. The van der Waals surface area contributed by atoms with Crippen molar-refractivity contribution in [3.8, 4) is 0 Å². The predicted molar refractivity (Wildman–Crippen MR) is 55.2 cm³/mol. The molecule has 0 aliphatic carbocycles. The Morgan fingerprint density at radius 2 is 2.08 bits per heavy atom. The second-order valence-electron chi connectivity index (χ2n) is 3.48. The normalized spacial score (nSPS) is 10.4. The van der Waals surface area contributed by atoms with Crippen molar-refractivity contribution >= 4 is 46.9 Å². The summed E-state index contributed by atoms with van der Waals surface area (Å²) in [5.74, 6) is -0.238. The molecule has 0 atom stereocenters. The molecule has 1 heterocycles. The summed E-state index contributed by atoms with van der Waals surface area (Å²) < 4.78 is 5.15. The molecule has 2 nitrogen and oxygen atoms in total. The molecule has 0 aliphatic heterocycles. The first-order chi connectivity index (χ1) is 5.49. The van der Waals surface area contributed by atoms with Gasteiger partial charge in [-0.15, -0.1) is 11.3 Å². The number of hydrogen-bond donors (Lipinski definition) is 0. The van der Waals surface area contributed by atoms with Crippen LogP contribution in [0.4, 0.5) is 0 Å². The molecule has 0 unspecified atom stereocenters. The van der Waals surface area contributed by atoms with E-state index < -0.39 is 5.60 Å². The maximum Gasteiger partial charge on any atom is 0.348 e. The minimum absolute atomic E-state index is 0. The molecule has 0 aliphatic rings. The molecule has 0 spiro atoms. The topological polar surface area (TPSA) is 26.3 Å². The molecule has 1 aromatic rings. The first-order valence-electron chi connectivity index (χ1n) is 3.76. The maximum absolute atomic E-state index is 11.3. The smallest absolute Gasteiger partial charge is 0.348 e. The van der Waals surface area contributed by atoms with Gasteiger partial charge in [0.05, 0.1) is 0 Å². The van der Waals surface area contributed by atoms with Gasteiger partial charge in [0, 0.05) is 29.6 Å². The molecule has 0 amide bonds. The van der Waals surface area contributed by atoms with Gasteiger partial charge in [-0.2, -0.15) is 0 Å². The molecule has 0 aromatic carbocycles. The van der Waals surface area contributed by atoms with Crippen LogP contribution in [0.1, 0.15) is 30.4 Å². The van der Waals surface area contributed by atoms with Crippen LogP contribution in [-0.4, -0.2) is 41.1 Å². The van der Waals surface area contributed by atoms with E-state index >= 15 is 0 Å². The van der Waals surface area contributed by atoms with Crippen molar-refractivity contribution in [2.75, 3.05) is 0 Å². The Hall–Kier alpha value is 0.170.